The standard InChI is InChI=1S/C30H35FN2O4/c1-20(2)29-26(15-14-24(34)18-25(35)19-27(36)37)28(21-10-12-23(31)13-11-21)30(22-8-4-3-5-9-22)33(29)32-16-6-7-17-32/h3-5,8-15,20,24-25,34-35H,6-7,16-19H2,1-2H3,(H,36,37)/p-1/b15-14+. The quantitative estimate of drug-likeness (QED) is 0.434. The third-order valence-corrected chi connectivity index (χ3v) is 6.72. The number of aliphatic carboxylic acids is 1. The van der Waals surface area contributed by atoms with E-state index in [1.54, 1.807) is 18.2 Å². The van der Waals surface area contributed by atoms with Crippen LogP contribution in [0.15, 0.2) is 60.7 Å². The number of carboxylic acids is 1. The lowest BCUT2D eigenvalue weighted by Crippen LogP contribution is -2.33. The first-order valence-electron chi connectivity index (χ1n) is 12.9. The molecule has 1 aromatic heterocycles. The molecular formula is C30H34FN2O4-. The van der Waals surface area contributed by atoms with Gasteiger partial charge in [-0.25, -0.2) is 4.39 Å². The van der Waals surface area contributed by atoms with Crippen LogP contribution in [0.25, 0.3) is 28.5 Å². The third kappa shape index (κ3) is 6.12. The smallest absolute Gasteiger partial charge is 0.123 e. The van der Waals surface area contributed by atoms with E-state index in [1.807, 2.05) is 24.3 Å². The van der Waals surface area contributed by atoms with Gasteiger partial charge in [0.15, 0.2) is 0 Å². The van der Waals surface area contributed by atoms with E-state index in [1.165, 1.54) is 12.1 Å². The van der Waals surface area contributed by atoms with E-state index in [0.717, 1.165) is 59.6 Å². The molecule has 37 heavy (non-hydrogen) atoms. The summed E-state index contributed by atoms with van der Waals surface area (Å²) in [5.41, 5.74) is 5.79. The van der Waals surface area contributed by atoms with Crippen molar-refractivity contribution in [2.45, 2.75) is 57.7 Å². The van der Waals surface area contributed by atoms with Crippen LogP contribution < -0.4 is 10.1 Å². The van der Waals surface area contributed by atoms with Crippen molar-refractivity contribution in [3.05, 3.63) is 77.7 Å². The van der Waals surface area contributed by atoms with Gasteiger partial charge in [-0.05, 0) is 36.5 Å². The predicted molar refractivity (Wildman–Crippen MR) is 142 cm³/mol. The average Bonchev–Trinajstić information content (AvgIpc) is 3.49. The number of aliphatic hydroxyl groups excluding tert-OH is 2. The van der Waals surface area contributed by atoms with Crippen LogP contribution >= 0.6 is 0 Å². The monoisotopic (exact) mass is 505 g/mol. The normalized spacial score (nSPS) is 15.6. The summed E-state index contributed by atoms with van der Waals surface area (Å²) in [6.07, 6.45) is 2.72. The highest BCUT2D eigenvalue weighted by atomic mass is 19.1. The van der Waals surface area contributed by atoms with E-state index in [9.17, 15) is 24.5 Å². The second-order valence-electron chi connectivity index (χ2n) is 9.91. The minimum Gasteiger partial charge on any atom is -0.550 e. The Morgan fingerprint density at radius 2 is 1.68 bits per heavy atom. The van der Waals surface area contributed by atoms with Crippen molar-refractivity contribution in [3.8, 4) is 22.4 Å². The lowest BCUT2D eigenvalue weighted by Gasteiger charge is -2.27. The first-order chi connectivity index (χ1) is 17.8. The first kappa shape index (κ1) is 26.6. The molecule has 2 aromatic carbocycles. The molecule has 1 saturated heterocycles. The van der Waals surface area contributed by atoms with Gasteiger partial charge in [-0.1, -0.05) is 68.5 Å². The van der Waals surface area contributed by atoms with E-state index in [4.69, 9.17) is 0 Å². The highest BCUT2D eigenvalue weighted by molar-refractivity contribution is 5.90. The number of carbonyl (C=O) groups excluding carboxylic acids is 1. The molecule has 4 rings (SSSR count). The van der Waals surface area contributed by atoms with Gasteiger partial charge in [0.1, 0.15) is 5.82 Å². The molecule has 0 amide bonds. The van der Waals surface area contributed by atoms with Crippen LogP contribution in [-0.4, -0.2) is 46.2 Å². The SMILES string of the molecule is CC(C)c1c(/C=C/C(O)CC(O)CC(=O)[O-])c(-c2ccc(F)cc2)c(-c2ccccc2)n1N1CCCC1. The van der Waals surface area contributed by atoms with Gasteiger partial charge in [-0.2, -0.15) is 0 Å². The average molecular weight is 506 g/mol. The number of nitrogens with zero attached hydrogens (tertiary/aromatic N) is 2. The summed E-state index contributed by atoms with van der Waals surface area (Å²) in [6, 6.07) is 16.5. The first-order valence-corrected chi connectivity index (χ1v) is 12.9. The van der Waals surface area contributed by atoms with E-state index in [2.05, 4.69) is 35.7 Å². The number of aliphatic hydroxyl groups is 2. The molecule has 2 unspecified atom stereocenters. The zero-order chi connectivity index (χ0) is 26.5. The molecule has 1 aliphatic heterocycles. The minimum absolute atomic E-state index is 0.119. The molecule has 2 heterocycles. The van der Waals surface area contributed by atoms with Crippen LogP contribution in [0.1, 0.15) is 56.7 Å². The molecule has 2 N–H and O–H groups in total. The van der Waals surface area contributed by atoms with E-state index in [0.29, 0.717) is 0 Å². The summed E-state index contributed by atoms with van der Waals surface area (Å²) in [5, 5.41) is 33.7. The molecule has 7 heteroatoms. The van der Waals surface area contributed by atoms with Crippen LogP contribution in [0.4, 0.5) is 4.39 Å². The largest absolute Gasteiger partial charge is 0.550 e. The summed E-state index contributed by atoms with van der Waals surface area (Å²) < 4.78 is 16.2. The molecule has 1 fully saturated rings. The Hall–Kier alpha value is -3.42. The fraction of sp³-hybridized carbons (Fsp3) is 0.367. The van der Waals surface area contributed by atoms with Gasteiger partial charge in [-0.3, -0.25) is 4.68 Å². The summed E-state index contributed by atoms with van der Waals surface area (Å²) in [5.74, 6) is -1.56. The van der Waals surface area contributed by atoms with Crippen molar-refractivity contribution in [1.82, 2.24) is 4.68 Å². The van der Waals surface area contributed by atoms with Crippen LogP contribution in [0.2, 0.25) is 0 Å². The Morgan fingerprint density at radius 3 is 2.27 bits per heavy atom. The Bertz CT molecular complexity index is 1230. The molecule has 0 spiro atoms. The number of carboxylic acid groups (broad SMARTS) is 1. The van der Waals surface area contributed by atoms with Crippen LogP contribution in [-0.2, 0) is 4.79 Å². The Balaban J connectivity index is 1.93. The highest BCUT2D eigenvalue weighted by Crippen LogP contribution is 2.43. The summed E-state index contributed by atoms with van der Waals surface area (Å²) >= 11 is 0. The van der Waals surface area contributed by atoms with Crippen molar-refractivity contribution >= 4 is 12.0 Å². The van der Waals surface area contributed by atoms with Gasteiger partial charge >= 0.3 is 0 Å². The summed E-state index contributed by atoms with van der Waals surface area (Å²) in [4.78, 5) is 10.8. The lowest BCUT2D eigenvalue weighted by atomic mass is 9.94. The molecule has 0 aliphatic carbocycles. The van der Waals surface area contributed by atoms with Crippen LogP contribution in [0.5, 0.6) is 0 Å². The Kier molecular flexibility index (Phi) is 8.46. The minimum atomic E-state index is -1.36. The zero-order valence-electron chi connectivity index (χ0n) is 21.3. The molecule has 0 bridgehead atoms. The van der Waals surface area contributed by atoms with Gasteiger partial charge in [0, 0.05) is 48.6 Å². The Labute approximate surface area is 217 Å². The van der Waals surface area contributed by atoms with Crippen LogP contribution in [0.3, 0.4) is 0 Å². The molecule has 196 valence electrons. The molecule has 3 aromatic rings. The maximum atomic E-state index is 13.9. The second-order valence-corrected chi connectivity index (χ2v) is 9.91. The number of rotatable bonds is 10. The van der Waals surface area contributed by atoms with Crippen molar-refractivity contribution in [1.29, 1.82) is 0 Å². The van der Waals surface area contributed by atoms with Crippen molar-refractivity contribution in [2.75, 3.05) is 18.1 Å². The van der Waals surface area contributed by atoms with E-state index in [-0.39, 0.29) is 18.2 Å². The van der Waals surface area contributed by atoms with E-state index < -0.39 is 24.6 Å². The molecular weight excluding hydrogens is 471 g/mol. The van der Waals surface area contributed by atoms with Gasteiger partial charge in [0.05, 0.1) is 23.6 Å². The van der Waals surface area contributed by atoms with Crippen LogP contribution in [0, 0.1) is 5.82 Å². The number of aromatic nitrogens is 1. The topological polar surface area (TPSA) is 88.8 Å². The third-order valence-electron chi connectivity index (χ3n) is 6.72. The van der Waals surface area contributed by atoms with Crippen molar-refractivity contribution < 1.29 is 24.5 Å². The van der Waals surface area contributed by atoms with Gasteiger partial charge in [-0.15, -0.1) is 0 Å². The molecule has 2 atom stereocenters. The van der Waals surface area contributed by atoms with Crippen molar-refractivity contribution in [3.63, 3.8) is 0 Å². The van der Waals surface area contributed by atoms with Gasteiger partial charge in [0.25, 0.3) is 0 Å². The fourth-order valence-electron chi connectivity index (χ4n) is 5.13. The number of hydrogen-bond acceptors (Lipinski definition) is 5. The Morgan fingerprint density at radius 1 is 1.03 bits per heavy atom. The maximum absolute atomic E-state index is 13.9. The second kappa shape index (κ2) is 11.8. The predicted octanol–water partition coefficient (Wildman–Crippen LogP) is 4.08. The van der Waals surface area contributed by atoms with Crippen molar-refractivity contribution in [2.24, 2.45) is 0 Å². The van der Waals surface area contributed by atoms with Gasteiger partial charge in [0.2, 0.25) is 0 Å². The molecule has 0 saturated carbocycles. The number of carbonyl (C=O) groups is 1. The molecule has 6 nitrogen and oxygen atoms in total. The highest BCUT2D eigenvalue weighted by Gasteiger charge is 2.29. The van der Waals surface area contributed by atoms with E-state index >= 15 is 0 Å². The maximum Gasteiger partial charge on any atom is 0.123 e. The van der Waals surface area contributed by atoms with Gasteiger partial charge < -0.3 is 25.1 Å². The zero-order valence-corrected chi connectivity index (χ0v) is 21.3. The molecule has 0 radical (unpaired) electrons. The summed E-state index contributed by atoms with van der Waals surface area (Å²) in [6.45, 7) is 6.08. The number of halogens is 1. The summed E-state index contributed by atoms with van der Waals surface area (Å²) in [7, 11) is 0. The lowest BCUT2D eigenvalue weighted by molar-refractivity contribution is -0.307. The fourth-order valence-corrected chi connectivity index (χ4v) is 5.13. The molecule has 1 aliphatic rings. The number of benzene rings is 2. The number of hydrogen-bond donors (Lipinski definition) is 2.